The molecule has 0 saturated heterocycles. The van der Waals surface area contributed by atoms with Gasteiger partial charge in [-0.3, -0.25) is 9.59 Å². The topological polar surface area (TPSA) is 370 Å². The Morgan fingerprint density at radius 2 is 0.711 bits per heavy atom. The third-order valence-corrected chi connectivity index (χ3v) is 30.1. The van der Waals surface area contributed by atoms with Crippen LogP contribution in [0.1, 0.15) is 297 Å². The number of nitrogens with one attached hydrogen (secondary N) is 4. The molecule has 0 spiro atoms. The minimum atomic E-state index is -5.08. The lowest BCUT2D eigenvalue weighted by Crippen LogP contribution is -2.60. The molecule has 128 heavy (non-hydrogen) atoms. The first-order chi connectivity index (χ1) is 58.0. The second-order valence-electron chi connectivity index (χ2n) is 38.2. The molecule has 9 rings (SSSR count). The monoisotopic (exact) mass is 1940 g/mol. The van der Waals surface area contributed by atoms with Gasteiger partial charge in [-0.25, -0.2) is 24.0 Å². The Hall–Kier alpha value is -4.45. The van der Waals surface area contributed by atoms with E-state index in [1.54, 1.807) is 0 Å². The maximum atomic E-state index is 13.7. The highest BCUT2D eigenvalue weighted by atomic mass is 35.5. The van der Waals surface area contributed by atoms with Crippen LogP contribution in [0.15, 0.2) is 30.3 Å². The molecule has 8 aliphatic carbocycles. The Kier molecular flexibility index (Phi) is 56.7. The van der Waals surface area contributed by atoms with Gasteiger partial charge in [0.05, 0.1) is 23.5 Å². The first-order valence-corrected chi connectivity index (χ1v) is 45.9. The number of carbonyl (C=O) groups excluding carboxylic acids is 1. The zero-order valence-electron chi connectivity index (χ0n) is 76.1. The van der Waals surface area contributed by atoms with Crippen LogP contribution in [0, 0.1) is 105 Å². The van der Waals surface area contributed by atoms with Crippen molar-refractivity contribution in [2.75, 3.05) is 52.4 Å². The standard InChI is InChI=1S/C45H75N3O4.C38H71N3O3.4C2HF3O2.4ClH/c1-32(16-14-17-33(2)42(49)50)37-20-21-38-41-39(23-25-45(37,38)4)44(3)24-22-36(48-29-15-28-47-27-13-8-6-5-7-12-26-46)30-35(44)31-40(41)52-43(51)34-18-10-9-11-19-34;1-27(13-11-14-28(2)36(43)44)31-15-16-32-35-33(18-20-38(31,32)4)37(3)19-17-30(25-29(37)26-34(35)42)41-24-12-23-40-22-10-8-6-5-7-9-21-39;4*3-2(4,5)1(6)7;;;;/h9-11,18-19,32-33,35-41,47-48H,5-8,12-17,20-31,46H2,1-4H3,(H,49,50);27-35,40-42H,5-26,39H2,1-4H3,(H,43,44);4*(H,6,7);4*1H/t32-,33?,35-,36+,37-,38?,39?,40-,41?,44+,45-;27-,28?,29-,30+,31-,32?,33?,34-,35?,37+,38-;;;;;;;;/m11......../s1. The first kappa shape index (κ1) is 124. The quantitative estimate of drug-likeness (QED) is 0.0165. The van der Waals surface area contributed by atoms with E-state index in [2.05, 4.69) is 62.8 Å². The van der Waals surface area contributed by atoms with Gasteiger partial charge in [0.1, 0.15) is 6.10 Å². The minimum Gasteiger partial charge on any atom is -0.481 e. The summed E-state index contributed by atoms with van der Waals surface area (Å²) in [5.41, 5.74) is 13.1. The molecule has 0 radical (unpaired) electrons. The fourth-order valence-corrected chi connectivity index (χ4v) is 23.3. The molecule has 0 amide bonds. The molecule has 37 heteroatoms. The number of aliphatic hydroxyl groups is 1. The largest absolute Gasteiger partial charge is 0.490 e. The van der Waals surface area contributed by atoms with Crippen molar-refractivity contribution in [3.05, 3.63) is 35.9 Å². The number of ether oxygens (including phenoxy) is 1. The minimum absolute atomic E-state index is 0. The normalized spacial score (nSPS) is 29.2. The molecule has 8 saturated carbocycles. The van der Waals surface area contributed by atoms with Crippen molar-refractivity contribution in [3.63, 3.8) is 0 Å². The van der Waals surface area contributed by atoms with Gasteiger partial charge in [-0.2, -0.15) is 52.7 Å². The van der Waals surface area contributed by atoms with E-state index in [0.717, 1.165) is 117 Å². The van der Waals surface area contributed by atoms with Crippen molar-refractivity contribution < 1.29 is 127 Å². The molecule has 0 bridgehead atoms. The summed E-state index contributed by atoms with van der Waals surface area (Å²) in [5, 5.41) is 74.2. The average molecular weight is 1940 g/mol. The molecular formula is C91H154Cl4F12N6O15. The number of halogens is 16. The molecule has 21 nitrogen and oxygen atoms in total. The number of unbranched alkanes of at least 4 members (excludes halogenated alkanes) is 10. The molecular weight excluding hydrogens is 1790 g/mol. The molecule has 750 valence electrons. The lowest BCUT2D eigenvalue weighted by Gasteiger charge is -2.63. The van der Waals surface area contributed by atoms with Gasteiger partial charge in [-0.05, 0) is 305 Å². The highest BCUT2D eigenvalue weighted by molar-refractivity contribution is 5.89. The Morgan fingerprint density at radius 1 is 0.398 bits per heavy atom. The Bertz CT molecular complexity index is 3260. The molecule has 0 heterocycles. The predicted molar refractivity (Wildman–Crippen MR) is 478 cm³/mol. The maximum Gasteiger partial charge on any atom is 0.490 e. The van der Waals surface area contributed by atoms with Crippen molar-refractivity contribution in [1.82, 2.24) is 21.3 Å². The lowest BCUT2D eigenvalue weighted by molar-refractivity contribution is -0.193. The molecule has 8 aliphatic rings. The van der Waals surface area contributed by atoms with E-state index in [0.29, 0.717) is 105 Å². The number of alkyl halides is 12. The van der Waals surface area contributed by atoms with Crippen LogP contribution < -0.4 is 32.7 Å². The maximum absolute atomic E-state index is 13.7. The van der Waals surface area contributed by atoms with Crippen molar-refractivity contribution in [1.29, 1.82) is 0 Å². The van der Waals surface area contributed by atoms with Crippen LogP contribution in [0.25, 0.3) is 0 Å². The Labute approximate surface area is 775 Å². The van der Waals surface area contributed by atoms with Crippen LogP contribution in [-0.2, 0) is 33.5 Å². The second kappa shape index (κ2) is 58.8. The molecule has 8 unspecified atom stereocenters. The van der Waals surface area contributed by atoms with E-state index in [1.807, 2.05) is 44.2 Å². The van der Waals surface area contributed by atoms with Gasteiger partial charge >= 0.3 is 66.5 Å². The summed E-state index contributed by atoms with van der Waals surface area (Å²) in [6.45, 7) is 27.2. The second-order valence-corrected chi connectivity index (χ2v) is 38.2. The number of carboxylic acids is 6. The number of fused-ring (bicyclic) bond motifs is 10. The van der Waals surface area contributed by atoms with Gasteiger partial charge in [-0.15, -0.1) is 49.6 Å². The predicted octanol–water partition coefficient (Wildman–Crippen LogP) is 20.8. The van der Waals surface area contributed by atoms with E-state index in [4.69, 9.17) is 55.8 Å². The van der Waals surface area contributed by atoms with Crippen LogP contribution in [0.3, 0.4) is 0 Å². The van der Waals surface area contributed by atoms with Crippen LogP contribution in [0.5, 0.6) is 0 Å². The first-order valence-electron chi connectivity index (χ1n) is 45.9. The van der Waals surface area contributed by atoms with Crippen molar-refractivity contribution in [2.24, 2.45) is 116 Å². The number of carbonyl (C=O) groups is 7. The third-order valence-electron chi connectivity index (χ3n) is 30.1. The lowest BCUT2D eigenvalue weighted by atomic mass is 9.43. The number of esters is 1. The van der Waals surface area contributed by atoms with Crippen LogP contribution in [-0.4, -0.2) is 179 Å². The number of carboxylic acid groups (broad SMARTS) is 6. The summed E-state index contributed by atoms with van der Waals surface area (Å²) in [6, 6.07) is 10.8. The van der Waals surface area contributed by atoms with Gasteiger partial charge in [-0.1, -0.05) is 151 Å². The molecule has 8 fully saturated rings. The molecule has 15 N–H and O–H groups in total. The van der Waals surface area contributed by atoms with E-state index >= 15 is 0 Å². The van der Waals surface area contributed by atoms with Crippen molar-refractivity contribution in [2.45, 2.75) is 336 Å². The zero-order chi connectivity index (χ0) is 93.2. The Balaban J connectivity index is 0.00000190. The SMILES string of the molecule is CC(CCC[C@@H](C)[C@H]1CCC2C3C(CC[C@@]21C)[C@@]1(C)CC[C@H](NCCCNCCCCCCCCN)C[C@@H]1C[C@H]3O)C(=O)O.CC(CCC[C@@H](C)[C@H]1CCC2C3C(CC[C@@]21C)[C@@]1(C)CC[C@H](NCCCNCCCCCCCCN)C[C@@H]1C[C@H]3OC(=O)c1ccccc1)C(=O)O.Cl.Cl.Cl.Cl.O=C(O)C(F)(F)F.O=C(O)C(F)(F)F.O=C(O)C(F)(F)F.O=C(O)C(F)(F)F. The van der Waals surface area contributed by atoms with Crippen LogP contribution in [0.2, 0.25) is 0 Å². The van der Waals surface area contributed by atoms with E-state index in [-0.39, 0.29) is 85.1 Å². The van der Waals surface area contributed by atoms with Gasteiger partial charge in [0.2, 0.25) is 0 Å². The molecule has 22 atom stereocenters. The van der Waals surface area contributed by atoms with Crippen molar-refractivity contribution >= 4 is 91.4 Å². The van der Waals surface area contributed by atoms with Gasteiger partial charge < -0.3 is 73.2 Å². The summed E-state index contributed by atoms with van der Waals surface area (Å²) < 4.78 is 134. The molecule has 0 aliphatic heterocycles. The van der Waals surface area contributed by atoms with Gasteiger partial charge in [0, 0.05) is 18.0 Å². The number of hydrogen-bond donors (Lipinski definition) is 13. The van der Waals surface area contributed by atoms with Gasteiger partial charge in [0.25, 0.3) is 0 Å². The molecule has 1 aromatic carbocycles. The highest BCUT2D eigenvalue weighted by Gasteiger charge is 2.66. The number of hydrogen-bond acceptors (Lipinski definition) is 15. The smallest absolute Gasteiger partial charge is 0.481 e. The summed E-state index contributed by atoms with van der Waals surface area (Å²) >= 11 is 0. The summed E-state index contributed by atoms with van der Waals surface area (Å²) in [4.78, 5) is 72.0. The van der Waals surface area contributed by atoms with E-state index in [9.17, 15) is 82.4 Å². The molecule has 1 aromatic rings. The highest BCUT2D eigenvalue weighted by Crippen LogP contribution is 2.71. The van der Waals surface area contributed by atoms with Crippen LogP contribution in [0.4, 0.5) is 52.7 Å². The number of aliphatic hydroxyl groups excluding tert-OH is 1. The summed E-state index contributed by atoms with van der Waals surface area (Å²) in [7, 11) is 0. The average Bonchev–Trinajstić information content (AvgIpc) is 1.42. The summed E-state index contributed by atoms with van der Waals surface area (Å²) in [5.74, 6) is -5.86. The third kappa shape index (κ3) is 38.7. The molecule has 0 aromatic heterocycles. The summed E-state index contributed by atoms with van der Waals surface area (Å²) in [6.07, 6.45) is 22.8. The van der Waals surface area contributed by atoms with E-state index < -0.39 is 60.5 Å². The van der Waals surface area contributed by atoms with Crippen LogP contribution >= 0.6 is 49.6 Å². The zero-order valence-corrected chi connectivity index (χ0v) is 79.4. The van der Waals surface area contributed by atoms with Gasteiger partial charge in [0.15, 0.2) is 0 Å². The fraction of sp³-hybridized carbons (Fsp3) is 0.857. The number of rotatable bonds is 40. The van der Waals surface area contributed by atoms with Crippen molar-refractivity contribution in [3.8, 4) is 0 Å². The number of nitrogens with two attached hydrogens (primary N) is 2. The Morgan fingerprint density at radius 3 is 1.06 bits per heavy atom. The fourth-order valence-electron chi connectivity index (χ4n) is 23.3. The number of aliphatic carboxylic acids is 6. The number of benzene rings is 1. The van der Waals surface area contributed by atoms with E-state index in [1.165, 1.54) is 167 Å².